The van der Waals surface area contributed by atoms with Gasteiger partial charge >= 0.3 is 0 Å². The molecule has 0 spiro atoms. The van der Waals surface area contributed by atoms with Crippen molar-refractivity contribution in [1.82, 2.24) is 4.72 Å². The molecule has 0 saturated heterocycles. The van der Waals surface area contributed by atoms with Gasteiger partial charge in [0.1, 0.15) is 0 Å². The van der Waals surface area contributed by atoms with Crippen LogP contribution in [0, 0.1) is 0 Å². The number of ether oxygens (including phenoxy) is 1. The lowest BCUT2D eigenvalue weighted by molar-refractivity contribution is -0.116. The minimum absolute atomic E-state index is 0.116. The van der Waals surface area contributed by atoms with Crippen molar-refractivity contribution in [3.05, 3.63) is 23.8 Å². The van der Waals surface area contributed by atoms with E-state index in [4.69, 9.17) is 4.74 Å². The molecule has 1 aliphatic heterocycles. The van der Waals surface area contributed by atoms with Crippen molar-refractivity contribution in [1.29, 1.82) is 0 Å². The number of rotatable bonds is 5. The van der Waals surface area contributed by atoms with E-state index in [2.05, 4.69) is 10.0 Å². The van der Waals surface area contributed by atoms with Gasteiger partial charge in [0.05, 0.1) is 17.4 Å². The molecule has 7 heteroatoms. The standard InChI is InChI=1S/C13H18N2O4S/c1-8(7-19-3)15-20(17,18)10-4-5-12-11(6-10)9(2)13(16)14-12/h4-6,8-9,15H,7H2,1-3H3,(H,14,16)/t8-,9+/m0/s1. The molecule has 6 nitrogen and oxygen atoms in total. The summed E-state index contributed by atoms with van der Waals surface area (Å²) in [5.74, 6) is -0.452. The van der Waals surface area contributed by atoms with Gasteiger partial charge in [-0.05, 0) is 37.6 Å². The third-order valence-corrected chi connectivity index (χ3v) is 4.81. The first-order valence-corrected chi connectivity index (χ1v) is 7.79. The van der Waals surface area contributed by atoms with Crippen molar-refractivity contribution in [3.63, 3.8) is 0 Å². The molecule has 2 rings (SSSR count). The number of methoxy groups -OCH3 is 1. The summed E-state index contributed by atoms with van der Waals surface area (Å²) in [6, 6.07) is 4.32. The maximum Gasteiger partial charge on any atom is 0.240 e. The van der Waals surface area contributed by atoms with Gasteiger partial charge in [0.2, 0.25) is 15.9 Å². The zero-order chi connectivity index (χ0) is 14.9. The molecule has 0 unspecified atom stereocenters. The smallest absolute Gasteiger partial charge is 0.240 e. The Morgan fingerprint density at radius 3 is 2.80 bits per heavy atom. The number of benzene rings is 1. The monoisotopic (exact) mass is 298 g/mol. The number of hydrogen-bond donors (Lipinski definition) is 2. The van der Waals surface area contributed by atoms with Gasteiger partial charge < -0.3 is 10.1 Å². The molecule has 0 fully saturated rings. The lowest BCUT2D eigenvalue weighted by atomic mass is 10.0. The largest absolute Gasteiger partial charge is 0.383 e. The Balaban J connectivity index is 2.28. The molecule has 1 aromatic rings. The van der Waals surface area contributed by atoms with Crippen molar-refractivity contribution in [2.75, 3.05) is 19.0 Å². The zero-order valence-electron chi connectivity index (χ0n) is 11.6. The molecule has 0 radical (unpaired) electrons. The molecule has 1 amide bonds. The molecule has 0 aliphatic carbocycles. The van der Waals surface area contributed by atoms with E-state index in [1.54, 1.807) is 26.0 Å². The van der Waals surface area contributed by atoms with E-state index in [0.717, 1.165) is 0 Å². The van der Waals surface area contributed by atoms with Gasteiger partial charge in [0.15, 0.2) is 0 Å². The molecule has 1 aromatic carbocycles. The number of sulfonamides is 1. The van der Waals surface area contributed by atoms with Crippen molar-refractivity contribution < 1.29 is 17.9 Å². The summed E-state index contributed by atoms with van der Waals surface area (Å²) >= 11 is 0. The lowest BCUT2D eigenvalue weighted by Crippen LogP contribution is -2.35. The van der Waals surface area contributed by atoms with Gasteiger partial charge in [-0.2, -0.15) is 0 Å². The zero-order valence-corrected chi connectivity index (χ0v) is 12.5. The maximum atomic E-state index is 12.2. The van der Waals surface area contributed by atoms with Crippen LogP contribution in [0.4, 0.5) is 5.69 Å². The van der Waals surface area contributed by atoms with E-state index < -0.39 is 10.0 Å². The summed E-state index contributed by atoms with van der Waals surface area (Å²) in [7, 11) is -2.10. The first kappa shape index (κ1) is 15.0. The van der Waals surface area contributed by atoms with Crippen LogP contribution in [-0.2, 0) is 19.6 Å². The van der Waals surface area contributed by atoms with Crippen LogP contribution in [0.2, 0.25) is 0 Å². The Morgan fingerprint density at radius 1 is 1.45 bits per heavy atom. The molecule has 1 aliphatic rings. The molecular weight excluding hydrogens is 280 g/mol. The second kappa shape index (κ2) is 5.51. The molecular formula is C13H18N2O4S. The van der Waals surface area contributed by atoms with Crippen molar-refractivity contribution in [3.8, 4) is 0 Å². The summed E-state index contributed by atoms with van der Waals surface area (Å²) in [5, 5.41) is 2.71. The van der Waals surface area contributed by atoms with Gasteiger partial charge in [0, 0.05) is 18.8 Å². The fourth-order valence-corrected chi connectivity index (χ4v) is 3.44. The van der Waals surface area contributed by atoms with Gasteiger partial charge in [-0.25, -0.2) is 13.1 Å². The normalized spacial score (nSPS) is 19.6. The van der Waals surface area contributed by atoms with E-state index >= 15 is 0 Å². The number of fused-ring (bicyclic) bond motifs is 1. The van der Waals surface area contributed by atoms with E-state index in [1.165, 1.54) is 13.2 Å². The van der Waals surface area contributed by atoms with Crippen molar-refractivity contribution >= 4 is 21.6 Å². The predicted octanol–water partition coefficient (Wildman–Crippen LogP) is 1.06. The minimum Gasteiger partial charge on any atom is -0.383 e. The van der Waals surface area contributed by atoms with Crippen LogP contribution in [0.5, 0.6) is 0 Å². The number of anilines is 1. The first-order chi connectivity index (χ1) is 9.35. The number of amides is 1. The Hall–Kier alpha value is -1.44. The summed E-state index contributed by atoms with van der Waals surface area (Å²) in [6.45, 7) is 3.77. The molecule has 1 heterocycles. The summed E-state index contributed by atoms with van der Waals surface area (Å²) < 4.78 is 31.9. The molecule has 2 N–H and O–H groups in total. The van der Waals surface area contributed by atoms with Crippen LogP contribution in [0.25, 0.3) is 0 Å². The highest BCUT2D eigenvalue weighted by Gasteiger charge is 2.28. The number of carbonyl (C=O) groups is 1. The molecule has 0 aromatic heterocycles. The molecule has 0 bridgehead atoms. The minimum atomic E-state index is -3.61. The Bertz CT molecular complexity index is 627. The van der Waals surface area contributed by atoms with E-state index in [1.807, 2.05) is 0 Å². The first-order valence-electron chi connectivity index (χ1n) is 6.31. The Morgan fingerprint density at radius 2 is 2.15 bits per heavy atom. The third-order valence-electron chi connectivity index (χ3n) is 3.22. The lowest BCUT2D eigenvalue weighted by Gasteiger charge is -2.14. The highest BCUT2D eigenvalue weighted by molar-refractivity contribution is 7.89. The quantitative estimate of drug-likeness (QED) is 0.851. The topological polar surface area (TPSA) is 84.5 Å². The van der Waals surface area contributed by atoms with Gasteiger partial charge in [0.25, 0.3) is 0 Å². The number of carbonyl (C=O) groups excluding carboxylic acids is 1. The average Bonchev–Trinajstić information content (AvgIpc) is 2.64. The van der Waals surface area contributed by atoms with Gasteiger partial charge in [-0.1, -0.05) is 0 Å². The van der Waals surface area contributed by atoms with Crippen molar-refractivity contribution in [2.45, 2.75) is 30.7 Å². The third kappa shape index (κ3) is 2.84. The van der Waals surface area contributed by atoms with Crippen LogP contribution in [0.3, 0.4) is 0 Å². The van der Waals surface area contributed by atoms with Gasteiger partial charge in [-0.3, -0.25) is 4.79 Å². The average molecular weight is 298 g/mol. The number of nitrogens with one attached hydrogen (secondary N) is 2. The maximum absolute atomic E-state index is 12.2. The molecule has 0 saturated carbocycles. The predicted molar refractivity (Wildman–Crippen MR) is 75.1 cm³/mol. The van der Waals surface area contributed by atoms with Crippen LogP contribution in [-0.4, -0.2) is 34.1 Å². The molecule has 20 heavy (non-hydrogen) atoms. The summed E-state index contributed by atoms with van der Waals surface area (Å²) in [4.78, 5) is 11.7. The van der Waals surface area contributed by atoms with Crippen LogP contribution >= 0.6 is 0 Å². The fourth-order valence-electron chi connectivity index (χ4n) is 2.18. The Labute approximate surface area is 118 Å². The highest BCUT2D eigenvalue weighted by atomic mass is 32.2. The number of hydrogen-bond acceptors (Lipinski definition) is 4. The van der Waals surface area contributed by atoms with Crippen molar-refractivity contribution in [2.24, 2.45) is 0 Å². The molecule has 2 atom stereocenters. The second-order valence-corrected chi connectivity index (χ2v) is 6.65. The molecule has 110 valence electrons. The van der Waals surface area contributed by atoms with Crippen LogP contribution < -0.4 is 10.0 Å². The van der Waals surface area contributed by atoms with Gasteiger partial charge in [-0.15, -0.1) is 0 Å². The highest BCUT2D eigenvalue weighted by Crippen LogP contribution is 2.33. The van der Waals surface area contributed by atoms with E-state index in [9.17, 15) is 13.2 Å². The van der Waals surface area contributed by atoms with E-state index in [0.29, 0.717) is 17.9 Å². The van der Waals surface area contributed by atoms with Crippen LogP contribution in [0.1, 0.15) is 25.3 Å². The second-order valence-electron chi connectivity index (χ2n) is 4.94. The summed E-state index contributed by atoms with van der Waals surface area (Å²) in [5.41, 5.74) is 1.38. The summed E-state index contributed by atoms with van der Waals surface area (Å²) in [6.07, 6.45) is 0. The fraction of sp³-hybridized carbons (Fsp3) is 0.462. The van der Waals surface area contributed by atoms with E-state index in [-0.39, 0.29) is 22.8 Å². The van der Waals surface area contributed by atoms with Crippen LogP contribution in [0.15, 0.2) is 23.1 Å². The Kier molecular flexibility index (Phi) is 4.12. The SMILES string of the molecule is COC[C@H](C)NS(=O)(=O)c1ccc2c(c1)[C@@H](C)C(=O)N2.